The van der Waals surface area contributed by atoms with Gasteiger partial charge < -0.3 is 20.1 Å². The van der Waals surface area contributed by atoms with Gasteiger partial charge in [0, 0.05) is 11.1 Å². The van der Waals surface area contributed by atoms with Crippen LogP contribution in [0.4, 0.5) is 0 Å². The Morgan fingerprint density at radius 2 is 1.43 bits per heavy atom. The van der Waals surface area contributed by atoms with Gasteiger partial charge in [0.05, 0.1) is 25.2 Å². The highest BCUT2D eigenvalue weighted by Gasteiger charge is 2.30. The number of rotatable bonds is 6. The molecule has 5 heteroatoms. The van der Waals surface area contributed by atoms with E-state index in [0.717, 1.165) is 11.1 Å². The third kappa shape index (κ3) is 2.63. The Bertz CT molecular complexity index is 726. The number of benzene rings is 2. The highest BCUT2D eigenvalue weighted by atomic mass is 16.5. The molecule has 5 nitrogen and oxygen atoms in total. The number of aliphatic hydroxyl groups excluding tert-OH is 3. The van der Waals surface area contributed by atoms with Gasteiger partial charge in [0.1, 0.15) is 12.4 Å². The minimum absolute atomic E-state index is 0.0428. The van der Waals surface area contributed by atoms with Crippen molar-refractivity contribution in [1.82, 2.24) is 0 Å². The standard InChI is InChI=1S/C18H18O5/c19-8-18(9-20,10-21)11-23-12-5-6-14-13-3-1-2-4-15(13)17(22)16(14)7-12/h1-7,19-21H,8-11H2. The second-order valence-electron chi connectivity index (χ2n) is 5.85. The van der Waals surface area contributed by atoms with E-state index in [-0.39, 0.29) is 12.4 Å². The molecule has 1 aliphatic carbocycles. The van der Waals surface area contributed by atoms with Crippen LogP contribution < -0.4 is 4.74 Å². The molecule has 0 heterocycles. The van der Waals surface area contributed by atoms with Gasteiger partial charge in [-0.05, 0) is 29.3 Å². The molecule has 2 aromatic rings. The van der Waals surface area contributed by atoms with Gasteiger partial charge in [-0.15, -0.1) is 0 Å². The summed E-state index contributed by atoms with van der Waals surface area (Å²) in [6, 6.07) is 12.7. The predicted molar refractivity (Wildman–Crippen MR) is 84.5 cm³/mol. The molecule has 23 heavy (non-hydrogen) atoms. The molecular formula is C18H18O5. The van der Waals surface area contributed by atoms with Crippen LogP contribution in [0.2, 0.25) is 0 Å². The first-order chi connectivity index (χ1) is 11.1. The average Bonchev–Trinajstić information content (AvgIpc) is 2.90. The van der Waals surface area contributed by atoms with Crippen molar-refractivity contribution in [2.45, 2.75) is 0 Å². The van der Waals surface area contributed by atoms with Crippen molar-refractivity contribution < 1.29 is 24.9 Å². The van der Waals surface area contributed by atoms with Gasteiger partial charge in [0.15, 0.2) is 5.78 Å². The summed E-state index contributed by atoms with van der Waals surface area (Å²) in [6.45, 7) is -1.23. The molecule has 0 atom stereocenters. The monoisotopic (exact) mass is 314 g/mol. The number of carbonyl (C=O) groups excluding carboxylic acids is 1. The fraction of sp³-hybridized carbons (Fsp3) is 0.278. The molecular weight excluding hydrogens is 296 g/mol. The first-order valence-corrected chi connectivity index (χ1v) is 7.38. The van der Waals surface area contributed by atoms with E-state index >= 15 is 0 Å². The summed E-state index contributed by atoms with van der Waals surface area (Å²) in [5.74, 6) is 0.420. The summed E-state index contributed by atoms with van der Waals surface area (Å²) in [5.41, 5.74) is 1.93. The first-order valence-electron chi connectivity index (χ1n) is 7.38. The second-order valence-corrected chi connectivity index (χ2v) is 5.85. The maximum Gasteiger partial charge on any atom is 0.194 e. The van der Waals surface area contributed by atoms with Crippen molar-refractivity contribution in [3.63, 3.8) is 0 Å². The number of aliphatic hydroxyl groups is 3. The lowest BCUT2D eigenvalue weighted by molar-refractivity contribution is -0.0258. The van der Waals surface area contributed by atoms with Crippen LogP contribution in [0.1, 0.15) is 15.9 Å². The first kappa shape index (κ1) is 15.7. The smallest absolute Gasteiger partial charge is 0.194 e. The molecule has 0 aliphatic heterocycles. The van der Waals surface area contributed by atoms with Gasteiger partial charge >= 0.3 is 0 Å². The fourth-order valence-electron chi connectivity index (χ4n) is 2.62. The third-order valence-corrected chi connectivity index (χ3v) is 4.25. The zero-order valence-corrected chi connectivity index (χ0v) is 12.5. The minimum Gasteiger partial charge on any atom is -0.493 e. The molecule has 3 rings (SSSR count). The molecule has 0 saturated heterocycles. The van der Waals surface area contributed by atoms with Crippen molar-refractivity contribution in [3.8, 4) is 16.9 Å². The van der Waals surface area contributed by atoms with Gasteiger partial charge in [-0.25, -0.2) is 0 Å². The van der Waals surface area contributed by atoms with E-state index in [1.165, 1.54) is 0 Å². The molecule has 0 amide bonds. The zero-order valence-electron chi connectivity index (χ0n) is 12.5. The Kier molecular flexibility index (Phi) is 4.17. The van der Waals surface area contributed by atoms with Crippen molar-refractivity contribution in [3.05, 3.63) is 53.6 Å². The SMILES string of the molecule is O=C1c2ccccc2-c2ccc(OCC(CO)(CO)CO)cc21. The van der Waals surface area contributed by atoms with Gasteiger partial charge in [0.25, 0.3) is 0 Å². The summed E-state index contributed by atoms with van der Waals surface area (Å²) < 4.78 is 5.58. The Morgan fingerprint density at radius 3 is 2.09 bits per heavy atom. The van der Waals surface area contributed by atoms with Crippen LogP contribution in [0.25, 0.3) is 11.1 Å². The van der Waals surface area contributed by atoms with Crippen LogP contribution in [-0.2, 0) is 0 Å². The molecule has 0 aromatic heterocycles. The Labute approximate surface area is 133 Å². The molecule has 0 saturated carbocycles. The van der Waals surface area contributed by atoms with E-state index in [1.54, 1.807) is 18.2 Å². The van der Waals surface area contributed by atoms with Gasteiger partial charge in [-0.3, -0.25) is 4.79 Å². The molecule has 0 bridgehead atoms. The quantitative estimate of drug-likeness (QED) is 0.637. The number of ketones is 1. The maximum atomic E-state index is 12.4. The number of hydrogen-bond acceptors (Lipinski definition) is 5. The van der Waals surface area contributed by atoms with E-state index in [1.807, 2.05) is 24.3 Å². The molecule has 3 N–H and O–H groups in total. The molecule has 0 unspecified atom stereocenters. The highest BCUT2D eigenvalue weighted by Crippen LogP contribution is 2.38. The second kappa shape index (κ2) is 6.12. The van der Waals surface area contributed by atoms with Crippen molar-refractivity contribution in [1.29, 1.82) is 0 Å². The Morgan fingerprint density at radius 1 is 0.826 bits per heavy atom. The fourth-order valence-corrected chi connectivity index (χ4v) is 2.62. The molecule has 0 fully saturated rings. The highest BCUT2D eigenvalue weighted by molar-refractivity contribution is 6.21. The lowest BCUT2D eigenvalue weighted by atomic mass is 9.92. The zero-order chi connectivity index (χ0) is 16.4. The van der Waals surface area contributed by atoms with Gasteiger partial charge in [0.2, 0.25) is 0 Å². The average molecular weight is 314 g/mol. The van der Waals surface area contributed by atoms with Crippen LogP contribution in [0.15, 0.2) is 42.5 Å². The lowest BCUT2D eigenvalue weighted by Crippen LogP contribution is -2.39. The summed E-state index contributed by atoms with van der Waals surface area (Å²) in [6.07, 6.45) is 0. The van der Waals surface area contributed by atoms with E-state index in [2.05, 4.69) is 0 Å². The van der Waals surface area contributed by atoms with E-state index in [0.29, 0.717) is 16.9 Å². The number of fused-ring (bicyclic) bond motifs is 3. The largest absolute Gasteiger partial charge is 0.493 e. The Balaban J connectivity index is 1.85. The molecule has 0 spiro atoms. The normalized spacial score (nSPS) is 12.9. The minimum atomic E-state index is -1.11. The maximum absolute atomic E-state index is 12.4. The summed E-state index contributed by atoms with van der Waals surface area (Å²) in [7, 11) is 0. The predicted octanol–water partition coefficient (Wildman–Crippen LogP) is 1.24. The molecule has 0 radical (unpaired) electrons. The summed E-state index contributed by atoms with van der Waals surface area (Å²) in [4.78, 5) is 12.4. The van der Waals surface area contributed by atoms with Crippen LogP contribution in [0, 0.1) is 5.41 Å². The van der Waals surface area contributed by atoms with Crippen LogP contribution in [0.3, 0.4) is 0 Å². The van der Waals surface area contributed by atoms with Gasteiger partial charge in [-0.2, -0.15) is 0 Å². The van der Waals surface area contributed by atoms with Crippen molar-refractivity contribution >= 4 is 5.78 Å². The topological polar surface area (TPSA) is 87.0 Å². The van der Waals surface area contributed by atoms with Gasteiger partial charge in [-0.1, -0.05) is 24.3 Å². The molecule has 120 valence electrons. The van der Waals surface area contributed by atoms with Crippen LogP contribution >= 0.6 is 0 Å². The number of carbonyl (C=O) groups is 1. The van der Waals surface area contributed by atoms with Crippen molar-refractivity contribution in [2.75, 3.05) is 26.4 Å². The van der Waals surface area contributed by atoms with E-state index in [9.17, 15) is 20.1 Å². The van der Waals surface area contributed by atoms with Crippen LogP contribution in [0.5, 0.6) is 5.75 Å². The number of hydrogen-bond donors (Lipinski definition) is 3. The third-order valence-electron chi connectivity index (χ3n) is 4.25. The molecule has 2 aromatic carbocycles. The Hall–Kier alpha value is -2.21. The summed E-state index contributed by atoms with van der Waals surface area (Å²) >= 11 is 0. The van der Waals surface area contributed by atoms with Crippen molar-refractivity contribution in [2.24, 2.45) is 5.41 Å². The number of ether oxygens (including phenoxy) is 1. The van der Waals surface area contributed by atoms with E-state index in [4.69, 9.17) is 4.74 Å². The lowest BCUT2D eigenvalue weighted by Gasteiger charge is -2.27. The van der Waals surface area contributed by atoms with Crippen LogP contribution in [-0.4, -0.2) is 47.5 Å². The summed E-state index contributed by atoms with van der Waals surface area (Å²) in [5, 5.41) is 27.9. The molecule has 1 aliphatic rings. The van der Waals surface area contributed by atoms with E-state index < -0.39 is 25.2 Å².